The number of nitrogens with one attached hydrogen (secondary N) is 4. The van der Waals surface area contributed by atoms with E-state index >= 15 is 0 Å². The van der Waals surface area contributed by atoms with Crippen LogP contribution in [0.25, 0.3) is 11.0 Å². The van der Waals surface area contributed by atoms with Crippen molar-refractivity contribution in [2.45, 2.75) is 12.8 Å². The predicted molar refractivity (Wildman–Crippen MR) is 157 cm³/mol. The standard InChI is InChI=1S/C28H30ClFN8O3/c1-31-27(40)24-18(30)11-16(29)12-20(24)33-26-17-7-8-32-25(17)35-28(36-26)34-19-13-21-15(10-22(19)41-4)6-5-9-38(21)23(39)14-37(2)3/h7-8,10-13H,5-6,9,14H2,1-4H3,(H,31,40)(H3,32,33,34,35,36). The highest BCUT2D eigenvalue weighted by Crippen LogP contribution is 2.38. The van der Waals surface area contributed by atoms with Gasteiger partial charge in [0.25, 0.3) is 5.91 Å². The molecule has 1 aliphatic heterocycles. The number of likely N-dealkylation sites (N-methyl/N-ethyl adjacent to an activating group) is 1. The van der Waals surface area contributed by atoms with Crippen LogP contribution in [0.1, 0.15) is 22.3 Å². The maximum Gasteiger partial charge on any atom is 0.256 e. The first-order valence-electron chi connectivity index (χ1n) is 12.9. The monoisotopic (exact) mass is 580 g/mol. The van der Waals surface area contributed by atoms with Crippen molar-refractivity contribution in [2.24, 2.45) is 0 Å². The Hall–Kier alpha value is -4.42. The quantitative estimate of drug-likeness (QED) is 0.241. The Bertz CT molecular complexity index is 1640. The van der Waals surface area contributed by atoms with Crippen molar-refractivity contribution in [3.8, 4) is 5.75 Å². The predicted octanol–water partition coefficient (Wildman–Crippen LogP) is 4.45. The number of methoxy groups -OCH3 is 1. The molecule has 4 N–H and O–H groups in total. The van der Waals surface area contributed by atoms with Gasteiger partial charge in [-0.3, -0.25) is 9.59 Å². The third-order valence-electron chi connectivity index (χ3n) is 6.70. The van der Waals surface area contributed by atoms with Gasteiger partial charge in [0.15, 0.2) is 0 Å². The van der Waals surface area contributed by atoms with E-state index in [2.05, 4.69) is 30.9 Å². The Labute approximate surface area is 241 Å². The van der Waals surface area contributed by atoms with E-state index in [9.17, 15) is 14.0 Å². The van der Waals surface area contributed by atoms with Gasteiger partial charge in [-0.1, -0.05) is 11.6 Å². The number of fused-ring (bicyclic) bond motifs is 2. The highest BCUT2D eigenvalue weighted by atomic mass is 35.5. The van der Waals surface area contributed by atoms with Crippen LogP contribution in [0, 0.1) is 5.82 Å². The molecule has 0 fully saturated rings. The second-order valence-corrected chi connectivity index (χ2v) is 10.3. The summed E-state index contributed by atoms with van der Waals surface area (Å²) in [5, 5.41) is 9.44. The van der Waals surface area contributed by atoms with Crippen molar-refractivity contribution < 1.29 is 18.7 Å². The van der Waals surface area contributed by atoms with Crippen molar-refractivity contribution in [3.63, 3.8) is 0 Å². The summed E-state index contributed by atoms with van der Waals surface area (Å²) in [5.74, 6) is -0.315. The molecule has 2 amide bonds. The summed E-state index contributed by atoms with van der Waals surface area (Å²) in [6.45, 7) is 0.909. The van der Waals surface area contributed by atoms with Crippen LogP contribution in [-0.2, 0) is 11.2 Å². The van der Waals surface area contributed by atoms with E-state index in [1.165, 1.54) is 13.1 Å². The molecule has 13 heteroatoms. The number of aromatic nitrogens is 3. The maximum absolute atomic E-state index is 14.8. The van der Waals surface area contributed by atoms with Crippen LogP contribution < -0.4 is 25.6 Å². The molecule has 3 heterocycles. The minimum Gasteiger partial charge on any atom is -0.495 e. The van der Waals surface area contributed by atoms with Gasteiger partial charge in [-0.05, 0) is 62.8 Å². The maximum atomic E-state index is 14.8. The van der Waals surface area contributed by atoms with Crippen molar-refractivity contribution in [2.75, 3.05) is 56.9 Å². The normalized spacial score (nSPS) is 12.8. The number of hydrogen-bond donors (Lipinski definition) is 4. The highest BCUT2D eigenvalue weighted by molar-refractivity contribution is 6.31. The Morgan fingerprint density at radius 2 is 1.98 bits per heavy atom. The van der Waals surface area contributed by atoms with E-state index in [1.54, 1.807) is 24.3 Å². The molecule has 0 unspecified atom stereocenters. The third kappa shape index (κ3) is 5.74. The fourth-order valence-corrected chi connectivity index (χ4v) is 5.06. The Morgan fingerprint density at radius 1 is 1.17 bits per heavy atom. The molecule has 41 heavy (non-hydrogen) atoms. The molecule has 2 aromatic carbocycles. The van der Waals surface area contributed by atoms with Crippen molar-refractivity contribution in [1.82, 2.24) is 25.2 Å². The Kier molecular flexibility index (Phi) is 7.95. The number of H-pyrrole nitrogens is 1. The summed E-state index contributed by atoms with van der Waals surface area (Å²) < 4.78 is 20.4. The number of aromatic amines is 1. The molecular weight excluding hydrogens is 551 g/mol. The van der Waals surface area contributed by atoms with Crippen LogP contribution in [0.2, 0.25) is 5.02 Å². The molecule has 0 saturated heterocycles. The molecule has 0 saturated carbocycles. The molecule has 5 rings (SSSR count). The smallest absolute Gasteiger partial charge is 0.256 e. The molecule has 4 aromatic rings. The molecule has 0 bridgehead atoms. The summed E-state index contributed by atoms with van der Waals surface area (Å²) in [6, 6.07) is 8.07. The van der Waals surface area contributed by atoms with Gasteiger partial charge in [0.1, 0.15) is 23.0 Å². The van der Waals surface area contributed by atoms with E-state index in [-0.39, 0.29) is 34.7 Å². The van der Waals surface area contributed by atoms with Gasteiger partial charge >= 0.3 is 0 Å². The number of hydrogen-bond acceptors (Lipinski definition) is 8. The molecule has 11 nitrogen and oxygen atoms in total. The van der Waals surface area contributed by atoms with Gasteiger partial charge in [-0.15, -0.1) is 0 Å². The van der Waals surface area contributed by atoms with E-state index in [0.717, 1.165) is 30.2 Å². The van der Waals surface area contributed by atoms with E-state index in [0.29, 0.717) is 34.8 Å². The first kappa shape index (κ1) is 28.1. The summed E-state index contributed by atoms with van der Waals surface area (Å²) >= 11 is 6.12. The Balaban J connectivity index is 1.55. The SMILES string of the molecule is CNC(=O)c1c(F)cc(Cl)cc1Nc1nc(Nc2cc3c(cc2OC)CCCN3C(=O)CN(C)C)nc2[nH]ccc12. The van der Waals surface area contributed by atoms with Crippen molar-refractivity contribution in [1.29, 1.82) is 0 Å². The molecule has 0 atom stereocenters. The minimum atomic E-state index is -0.774. The zero-order chi connectivity index (χ0) is 29.3. The van der Waals surface area contributed by atoms with Crippen LogP contribution >= 0.6 is 11.6 Å². The second-order valence-electron chi connectivity index (χ2n) is 9.84. The van der Waals surface area contributed by atoms with E-state index in [4.69, 9.17) is 16.3 Å². The number of rotatable bonds is 8. The van der Waals surface area contributed by atoms with Crippen molar-refractivity contribution >= 4 is 63.3 Å². The molecule has 1 aliphatic rings. The third-order valence-corrected chi connectivity index (χ3v) is 6.91. The van der Waals surface area contributed by atoms with Crippen LogP contribution in [-0.4, -0.2) is 73.0 Å². The lowest BCUT2D eigenvalue weighted by Gasteiger charge is -2.31. The number of halogens is 2. The average Bonchev–Trinajstić information content (AvgIpc) is 3.40. The molecule has 214 valence electrons. The molecular formula is C28H30ClFN8O3. The number of amides is 2. The van der Waals surface area contributed by atoms with Crippen LogP contribution in [0.4, 0.5) is 33.2 Å². The fraction of sp³-hybridized carbons (Fsp3) is 0.286. The van der Waals surface area contributed by atoms with E-state index in [1.807, 2.05) is 31.1 Å². The molecule has 0 aliphatic carbocycles. The molecule has 0 spiro atoms. The number of anilines is 5. The summed E-state index contributed by atoms with van der Waals surface area (Å²) in [7, 11) is 6.71. The minimum absolute atomic E-state index is 0.00304. The van der Waals surface area contributed by atoms with Gasteiger partial charge in [-0.2, -0.15) is 9.97 Å². The number of carbonyl (C=O) groups excluding carboxylic acids is 2. The van der Waals surface area contributed by atoms with Gasteiger partial charge in [-0.25, -0.2) is 4.39 Å². The zero-order valence-corrected chi connectivity index (χ0v) is 23.8. The number of ether oxygens (including phenoxy) is 1. The van der Waals surface area contributed by atoms with Gasteiger partial charge in [0.2, 0.25) is 11.9 Å². The lowest BCUT2D eigenvalue weighted by molar-refractivity contribution is -0.119. The van der Waals surface area contributed by atoms with Crippen LogP contribution in [0.15, 0.2) is 36.5 Å². The fourth-order valence-electron chi connectivity index (χ4n) is 4.86. The second kappa shape index (κ2) is 11.6. The Morgan fingerprint density at radius 3 is 2.71 bits per heavy atom. The van der Waals surface area contributed by atoms with Gasteiger partial charge in [0.05, 0.1) is 36.0 Å². The van der Waals surface area contributed by atoms with Crippen molar-refractivity contribution in [3.05, 3.63) is 58.5 Å². The van der Waals surface area contributed by atoms with Gasteiger partial charge < -0.3 is 35.5 Å². The topological polar surface area (TPSA) is 128 Å². The highest BCUT2D eigenvalue weighted by Gasteiger charge is 2.25. The largest absolute Gasteiger partial charge is 0.495 e. The lowest BCUT2D eigenvalue weighted by atomic mass is 10.00. The first-order valence-corrected chi connectivity index (χ1v) is 13.3. The summed E-state index contributed by atoms with van der Waals surface area (Å²) in [5.41, 5.74) is 2.81. The summed E-state index contributed by atoms with van der Waals surface area (Å²) in [6.07, 6.45) is 3.37. The van der Waals surface area contributed by atoms with E-state index < -0.39 is 11.7 Å². The van der Waals surface area contributed by atoms with Crippen LogP contribution in [0.3, 0.4) is 0 Å². The number of aryl methyl sites for hydroxylation is 1. The molecule has 0 radical (unpaired) electrons. The van der Waals surface area contributed by atoms with Crippen LogP contribution in [0.5, 0.6) is 5.75 Å². The van der Waals surface area contributed by atoms with Gasteiger partial charge in [0, 0.05) is 30.5 Å². The number of carbonyl (C=O) groups is 2. The lowest BCUT2D eigenvalue weighted by Crippen LogP contribution is -2.40. The zero-order valence-electron chi connectivity index (χ0n) is 23.1. The number of nitrogens with zero attached hydrogens (tertiary/aromatic N) is 4. The molecule has 2 aromatic heterocycles. The first-order chi connectivity index (χ1) is 19.7. The number of benzene rings is 2. The average molecular weight is 581 g/mol. The summed E-state index contributed by atoms with van der Waals surface area (Å²) in [4.78, 5) is 41.4.